The number of ether oxygens (including phenoxy) is 1. The van der Waals surface area contributed by atoms with Gasteiger partial charge in [0.25, 0.3) is 0 Å². The van der Waals surface area contributed by atoms with Crippen LogP contribution in [-0.4, -0.2) is 76.2 Å². The summed E-state index contributed by atoms with van der Waals surface area (Å²) >= 11 is 0. The van der Waals surface area contributed by atoms with Crippen LogP contribution >= 0.6 is 0 Å². The summed E-state index contributed by atoms with van der Waals surface area (Å²) in [5, 5.41) is 3.02. The van der Waals surface area contributed by atoms with Crippen molar-refractivity contribution in [3.63, 3.8) is 0 Å². The molecule has 5 heteroatoms. The molecule has 1 N–H and O–H groups in total. The number of nitrogens with zero attached hydrogens (tertiary/aromatic N) is 2. The second-order valence-corrected chi connectivity index (χ2v) is 5.67. The van der Waals surface area contributed by atoms with Gasteiger partial charge in [0, 0.05) is 26.2 Å². The van der Waals surface area contributed by atoms with Crippen molar-refractivity contribution < 1.29 is 9.53 Å². The Morgan fingerprint density at radius 2 is 2.05 bits per heavy atom. The van der Waals surface area contributed by atoms with Crippen molar-refractivity contribution in [1.29, 1.82) is 0 Å². The summed E-state index contributed by atoms with van der Waals surface area (Å²) in [5.41, 5.74) is 0. The summed E-state index contributed by atoms with van der Waals surface area (Å²) in [5.74, 6) is 0.232. The molecular formula is C14H29N3O2. The van der Waals surface area contributed by atoms with Gasteiger partial charge in [-0.05, 0) is 47.0 Å². The van der Waals surface area contributed by atoms with Crippen molar-refractivity contribution >= 4 is 5.91 Å². The molecule has 0 aliphatic carbocycles. The number of rotatable bonds is 8. The van der Waals surface area contributed by atoms with Gasteiger partial charge in [0.1, 0.15) is 0 Å². The van der Waals surface area contributed by atoms with Gasteiger partial charge in [-0.25, -0.2) is 0 Å². The molecule has 1 rings (SSSR count). The molecule has 0 aromatic heterocycles. The second-order valence-electron chi connectivity index (χ2n) is 5.67. The number of carbonyl (C=O) groups is 1. The molecule has 1 saturated heterocycles. The molecule has 0 aromatic rings. The van der Waals surface area contributed by atoms with E-state index in [1.807, 2.05) is 0 Å². The van der Waals surface area contributed by atoms with Crippen LogP contribution in [0.5, 0.6) is 0 Å². The minimum absolute atomic E-state index is 0.0696. The smallest absolute Gasteiger partial charge is 0.225 e. The van der Waals surface area contributed by atoms with Crippen molar-refractivity contribution in [2.75, 3.05) is 60.5 Å². The summed E-state index contributed by atoms with van der Waals surface area (Å²) in [4.78, 5) is 16.3. The maximum absolute atomic E-state index is 11.8. The Morgan fingerprint density at radius 1 is 1.26 bits per heavy atom. The first-order valence-electron chi connectivity index (χ1n) is 7.28. The van der Waals surface area contributed by atoms with Crippen LogP contribution in [0.1, 0.15) is 19.3 Å². The highest BCUT2D eigenvalue weighted by Crippen LogP contribution is 2.13. The van der Waals surface area contributed by atoms with E-state index in [0.717, 1.165) is 52.0 Å². The molecule has 0 saturated carbocycles. The number of nitrogens with one attached hydrogen (secondary N) is 1. The summed E-state index contributed by atoms with van der Waals surface area (Å²) in [6, 6.07) is 0. The fourth-order valence-corrected chi connectivity index (χ4v) is 2.13. The summed E-state index contributed by atoms with van der Waals surface area (Å²) in [7, 11) is 6.29. The number of amides is 1. The molecule has 0 unspecified atom stereocenters. The van der Waals surface area contributed by atoms with E-state index in [1.165, 1.54) is 0 Å². The predicted molar refractivity (Wildman–Crippen MR) is 77.2 cm³/mol. The molecule has 1 fully saturated rings. The third-order valence-corrected chi connectivity index (χ3v) is 3.48. The van der Waals surface area contributed by atoms with Gasteiger partial charge < -0.3 is 19.9 Å². The number of likely N-dealkylation sites (N-methyl/N-ethyl adjacent to an activating group) is 2. The summed E-state index contributed by atoms with van der Waals surface area (Å²) in [6.07, 6.45) is 2.98. The lowest BCUT2D eigenvalue weighted by Gasteiger charge is -2.22. The summed E-state index contributed by atoms with van der Waals surface area (Å²) in [6.45, 7) is 5.33. The van der Waals surface area contributed by atoms with Crippen LogP contribution in [0.2, 0.25) is 0 Å². The van der Waals surface area contributed by atoms with Gasteiger partial charge in [-0.2, -0.15) is 0 Å². The average molecular weight is 271 g/mol. The van der Waals surface area contributed by atoms with Crippen LogP contribution < -0.4 is 5.32 Å². The Kier molecular flexibility index (Phi) is 8.02. The Labute approximate surface area is 117 Å². The first kappa shape index (κ1) is 16.4. The van der Waals surface area contributed by atoms with Gasteiger partial charge in [0.05, 0.1) is 12.5 Å². The van der Waals surface area contributed by atoms with E-state index in [9.17, 15) is 4.79 Å². The van der Waals surface area contributed by atoms with Crippen molar-refractivity contribution in [2.24, 2.45) is 5.92 Å². The topological polar surface area (TPSA) is 44.8 Å². The lowest BCUT2D eigenvalue weighted by molar-refractivity contribution is -0.128. The van der Waals surface area contributed by atoms with Gasteiger partial charge in [-0.1, -0.05) is 0 Å². The molecule has 1 aliphatic rings. The Hall–Kier alpha value is -0.650. The Morgan fingerprint density at radius 3 is 2.68 bits per heavy atom. The number of hydrogen-bond donors (Lipinski definition) is 1. The van der Waals surface area contributed by atoms with Gasteiger partial charge in [-0.15, -0.1) is 0 Å². The van der Waals surface area contributed by atoms with Crippen LogP contribution in [0.3, 0.4) is 0 Å². The van der Waals surface area contributed by atoms with Gasteiger partial charge in [0.2, 0.25) is 5.91 Å². The highest BCUT2D eigenvalue weighted by Gasteiger charge is 2.20. The first-order valence-corrected chi connectivity index (χ1v) is 7.28. The van der Waals surface area contributed by atoms with Gasteiger partial charge >= 0.3 is 0 Å². The van der Waals surface area contributed by atoms with E-state index in [0.29, 0.717) is 6.61 Å². The lowest BCUT2D eigenvalue weighted by Crippen LogP contribution is -2.37. The Bertz CT molecular complexity index is 253. The van der Waals surface area contributed by atoms with Crippen LogP contribution in [0.15, 0.2) is 0 Å². The van der Waals surface area contributed by atoms with Gasteiger partial charge in [0.15, 0.2) is 0 Å². The van der Waals surface area contributed by atoms with E-state index in [-0.39, 0.29) is 11.8 Å². The molecule has 1 atom stereocenters. The van der Waals surface area contributed by atoms with Crippen LogP contribution in [0.4, 0.5) is 0 Å². The van der Waals surface area contributed by atoms with Crippen molar-refractivity contribution in [3.8, 4) is 0 Å². The van der Waals surface area contributed by atoms with Crippen molar-refractivity contribution in [3.05, 3.63) is 0 Å². The molecule has 0 spiro atoms. The lowest BCUT2D eigenvalue weighted by atomic mass is 10.0. The number of carbonyl (C=O) groups excluding carboxylic acids is 1. The zero-order chi connectivity index (χ0) is 14.1. The fourth-order valence-electron chi connectivity index (χ4n) is 2.13. The largest absolute Gasteiger partial charge is 0.381 e. The van der Waals surface area contributed by atoms with E-state index >= 15 is 0 Å². The molecule has 1 amide bonds. The third kappa shape index (κ3) is 7.50. The van der Waals surface area contributed by atoms with Gasteiger partial charge in [-0.3, -0.25) is 4.79 Å². The zero-order valence-corrected chi connectivity index (χ0v) is 12.7. The average Bonchev–Trinajstić information content (AvgIpc) is 2.42. The molecule has 0 aromatic carbocycles. The minimum Gasteiger partial charge on any atom is -0.381 e. The van der Waals surface area contributed by atoms with Crippen LogP contribution in [0, 0.1) is 5.92 Å². The molecule has 19 heavy (non-hydrogen) atoms. The maximum atomic E-state index is 11.8. The van der Waals surface area contributed by atoms with E-state index in [4.69, 9.17) is 4.74 Å². The molecular weight excluding hydrogens is 242 g/mol. The first-order chi connectivity index (χ1) is 9.09. The highest BCUT2D eigenvalue weighted by atomic mass is 16.5. The monoisotopic (exact) mass is 271 g/mol. The second kappa shape index (κ2) is 9.28. The SMILES string of the molecule is CN(C)CCN(C)CCCNC(=O)[C@H]1CCCOC1. The molecule has 112 valence electrons. The predicted octanol–water partition coefficient (Wildman–Crippen LogP) is 0.413. The quantitative estimate of drug-likeness (QED) is 0.650. The molecule has 0 bridgehead atoms. The summed E-state index contributed by atoms with van der Waals surface area (Å²) < 4.78 is 5.33. The van der Waals surface area contributed by atoms with E-state index in [1.54, 1.807) is 0 Å². The Balaban J connectivity index is 2.01. The fraction of sp³-hybridized carbons (Fsp3) is 0.929. The standard InChI is InChI=1S/C14H29N3O2/c1-16(2)9-10-17(3)8-5-7-15-14(18)13-6-4-11-19-12-13/h13H,4-12H2,1-3H3,(H,15,18)/t13-/m0/s1. The normalized spacial score (nSPS) is 19.9. The molecule has 0 radical (unpaired) electrons. The van der Waals surface area contributed by atoms with Crippen LogP contribution in [-0.2, 0) is 9.53 Å². The minimum atomic E-state index is 0.0696. The van der Waals surface area contributed by atoms with E-state index in [2.05, 4.69) is 36.3 Å². The molecule has 5 nitrogen and oxygen atoms in total. The zero-order valence-electron chi connectivity index (χ0n) is 12.7. The molecule has 1 heterocycles. The highest BCUT2D eigenvalue weighted by molar-refractivity contribution is 5.78. The van der Waals surface area contributed by atoms with Crippen LogP contribution in [0.25, 0.3) is 0 Å². The number of hydrogen-bond acceptors (Lipinski definition) is 4. The maximum Gasteiger partial charge on any atom is 0.225 e. The third-order valence-electron chi connectivity index (χ3n) is 3.48. The molecule has 1 aliphatic heterocycles. The van der Waals surface area contributed by atoms with E-state index < -0.39 is 0 Å². The van der Waals surface area contributed by atoms with Crippen molar-refractivity contribution in [2.45, 2.75) is 19.3 Å². The van der Waals surface area contributed by atoms with Crippen molar-refractivity contribution in [1.82, 2.24) is 15.1 Å².